The number of nitrogens with one attached hydrogen (secondary N) is 1. The Labute approximate surface area is 200 Å². The van der Waals surface area contributed by atoms with E-state index in [4.69, 9.17) is 34.8 Å². The van der Waals surface area contributed by atoms with Crippen molar-refractivity contribution in [3.05, 3.63) is 98.6 Å². The third-order valence-electron chi connectivity index (χ3n) is 4.60. The summed E-state index contributed by atoms with van der Waals surface area (Å²) < 4.78 is 25.0. The van der Waals surface area contributed by atoms with E-state index in [1.54, 1.807) is 54.6 Å². The Morgan fingerprint density at radius 1 is 0.875 bits per heavy atom. The van der Waals surface area contributed by atoms with Crippen LogP contribution in [0.4, 0.5) is 11.5 Å². The summed E-state index contributed by atoms with van der Waals surface area (Å²) in [6.45, 7) is 0. The van der Waals surface area contributed by atoms with Gasteiger partial charge < -0.3 is 5.32 Å². The minimum atomic E-state index is -3.49. The fraction of sp³-hybridized carbons (Fsp3) is 0.0435. The van der Waals surface area contributed by atoms with Crippen LogP contribution in [0.3, 0.4) is 0 Å². The van der Waals surface area contributed by atoms with Crippen molar-refractivity contribution in [2.75, 3.05) is 5.32 Å². The summed E-state index contributed by atoms with van der Waals surface area (Å²) in [6.07, 6.45) is 2.93. The van der Waals surface area contributed by atoms with Gasteiger partial charge in [0.15, 0.2) is 9.84 Å². The fourth-order valence-electron chi connectivity index (χ4n) is 3.04. The number of sulfone groups is 1. The van der Waals surface area contributed by atoms with Gasteiger partial charge in [0.05, 0.1) is 11.3 Å². The molecule has 1 heterocycles. The molecule has 0 fully saturated rings. The zero-order valence-electron chi connectivity index (χ0n) is 16.5. The minimum Gasteiger partial charge on any atom is -0.340 e. The normalized spacial score (nSPS) is 11.8. The van der Waals surface area contributed by atoms with Crippen molar-refractivity contribution < 1.29 is 8.42 Å². The molecular weight excluding hydrogens is 489 g/mol. The van der Waals surface area contributed by atoms with Gasteiger partial charge in [0.2, 0.25) is 0 Å². The lowest BCUT2D eigenvalue weighted by atomic mass is 10.2. The number of rotatable bonds is 6. The van der Waals surface area contributed by atoms with Crippen LogP contribution in [0.1, 0.15) is 11.1 Å². The number of benzene rings is 3. The van der Waals surface area contributed by atoms with E-state index in [9.17, 15) is 8.42 Å². The Kier molecular flexibility index (Phi) is 6.67. The lowest BCUT2D eigenvalue weighted by Gasteiger charge is -2.09. The molecule has 3 aromatic carbocycles. The molecule has 0 radical (unpaired) electrons. The number of fused-ring (bicyclic) bond motifs is 1. The molecule has 162 valence electrons. The van der Waals surface area contributed by atoms with Gasteiger partial charge in [-0.1, -0.05) is 53.0 Å². The van der Waals surface area contributed by atoms with E-state index < -0.39 is 9.84 Å². The Bertz CT molecular complexity index is 1420. The summed E-state index contributed by atoms with van der Waals surface area (Å²) in [7, 11) is -3.49. The maximum absolute atomic E-state index is 12.5. The SMILES string of the molecule is O=S(=O)(/C=C/c1ccc(Cl)cc1Cl)Cc1ccc(Nc2ncnc3cc(Cl)ccc23)cc1. The first kappa shape index (κ1) is 22.6. The van der Waals surface area contributed by atoms with Crippen LogP contribution in [0.15, 0.2) is 72.4 Å². The van der Waals surface area contributed by atoms with E-state index in [2.05, 4.69) is 15.3 Å². The second kappa shape index (κ2) is 9.46. The number of aromatic nitrogens is 2. The molecule has 0 unspecified atom stereocenters. The van der Waals surface area contributed by atoms with Crippen molar-refractivity contribution in [1.82, 2.24) is 9.97 Å². The summed E-state index contributed by atoms with van der Waals surface area (Å²) >= 11 is 18.0. The Balaban J connectivity index is 1.47. The highest BCUT2D eigenvalue weighted by Gasteiger charge is 2.10. The fourth-order valence-corrected chi connectivity index (χ4v) is 4.79. The zero-order valence-corrected chi connectivity index (χ0v) is 19.6. The van der Waals surface area contributed by atoms with Crippen LogP contribution < -0.4 is 5.32 Å². The standard InChI is InChI=1S/C23H16Cl3N3O2S/c24-17-4-3-16(21(26)11-17)9-10-32(30,31)13-15-1-6-19(7-2-15)29-23-20-8-5-18(25)12-22(20)27-14-28-23/h1-12,14H,13H2,(H,27,28,29)/b10-9+. The lowest BCUT2D eigenvalue weighted by molar-refractivity contribution is 0.604. The van der Waals surface area contributed by atoms with Crippen LogP contribution in [0.2, 0.25) is 15.1 Å². The third-order valence-corrected chi connectivity index (χ3v) is 6.68. The second-order valence-corrected chi connectivity index (χ2v) is 10.1. The molecular formula is C23H16Cl3N3O2S. The molecule has 5 nitrogen and oxygen atoms in total. The largest absolute Gasteiger partial charge is 0.340 e. The van der Waals surface area contributed by atoms with Gasteiger partial charge in [-0.25, -0.2) is 18.4 Å². The number of halogens is 3. The smallest absolute Gasteiger partial charge is 0.175 e. The lowest BCUT2D eigenvalue weighted by Crippen LogP contribution is -2.01. The predicted molar refractivity (Wildman–Crippen MR) is 132 cm³/mol. The molecule has 0 bridgehead atoms. The van der Waals surface area contributed by atoms with Crippen molar-refractivity contribution in [3.8, 4) is 0 Å². The van der Waals surface area contributed by atoms with Crippen LogP contribution in [-0.4, -0.2) is 18.4 Å². The van der Waals surface area contributed by atoms with Gasteiger partial charge in [-0.05, 0) is 59.7 Å². The average Bonchev–Trinajstić information content (AvgIpc) is 2.74. The van der Waals surface area contributed by atoms with Crippen molar-refractivity contribution >= 4 is 73.1 Å². The van der Waals surface area contributed by atoms with Gasteiger partial charge >= 0.3 is 0 Å². The van der Waals surface area contributed by atoms with Crippen LogP contribution in [0.5, 0.6) is 0 Å². The summed E-state index contributed by atoms with van der Waals surface area (Å²) in [5.74, 6) is 0.499. The van der Waals surface area contributed by atoms with Gasteiger partial charge in [0.1, 0.15) is 12.1 Å². The quantitative estimate of drug-likeness (QED) is 0.308. The maximum Gasteiger partial charge on any atom is 0.175 e. The van der Waals surface area contributed by atoms with Gasteiger partial charge in [-0.3, -0.25) is 0 Å². The number of hydrogen-bond acceptors (Lipinski definition) is 5. The van der Waals surface area contributed by atoms with Crippen LogP contribution in [-0.2, 0) is 15.6 Å². The highest BCUT2D eigenvalue weighted by Crippen LogP contribution is 2.26. The van der Waals surface area contributed by atoms with Crippen molar-refractivity contribution in [2.45, 2.75) is 5.75 Å². The number of hydrogen-bond donors (Lipinski definition) is 1. The molecule has 0 aliphatic heterocycles. The van der Waals surface area contributed by atoms with Crippen LogP contribution in [0.25, 0.3) is 17.0 Å². The molecule has 0 saturated carbocycles. The molecule has 1 aromatic heterocycles. The van der Waals surface area contributed by atoms with Crippen LogP contribution >= 0.6 is 34.8 Å². The summed E-state index contributed by atoms with van der Waals surface area (Å²) in [5, 5.41) is 6.69. The van der Waals surface area contributed by atoms with Crippen LogP contribution in [0, 0.1) is 0 Å². The van der Waals surface area contributed by atoms with E-state index in [-0.39, 0.29) is 5.75 Å². The van der Waals surface area contributed by atoms with E-state index in [0.29, 0.717) is 32.0 Å². The Morgan fingerprint density at radius 3 is 2.34 bits per heavy atom. The topological polar surface area (TPSA) is 72.0 Å². The molecule has 0 aliphatic rings. The molecule has 4 aromatic rings. The van der Waals surface area contributed by atoms with E-state index in [0.717, 1.165) is 22.0 Å². The predicted octanol–water partition coefficient (Wildman–Crippen LogP) is 6.92. The molecule has 0 spiro atoms. The second-order valence-electron chi connectivity index (χ2n) is 6.98. The summed E-state index contributed by atoms with van der Waals surface area (Å²) in [4.78, 5) is 8.51. The van der Waals surface area contributed by atoms with Gasteiger partial charge in [-0.15, -0.1) is 0 Å². The van der Waals surface area contributed by atoms with E-state index in [1.807, 2.05) is 6.07 Å². The zero-order chi connectivity index (χ0) is 22.7. The average molecular weight is 505 g/mol. The summed E-state index contributed by atoms with van der Waals surface area (Å²) in [6, 6.07) is 17.4. The van der Waals surface area contributed by atoms with Crippen molar-refractivity contribution in [2.24, 2.45) is 0 Å². The Morgan fingerprint density at radius 2 is 1.59 bits per heavy atom. The molecule has 32 heavy (non-hydrogen) atoms. The first-order chi connectivity index (χ1) is 15.3. The molecule has 0 aliphatic carbocycles. The molecule has 1 N–H and O–H groups in total. The molecule has 4 rings (SSSR count). The van der Waals surface area contributed by atoms with Gasteiger partial charge in [0.25, 0.3) is 0 Å². The molecule has 0 atom stereocenters. The maximum atomic E-state index is 12.5. The first-order valence-electron chi connectivity index (χ1n) is 9.41. The number of anilines is 2. The molecule has 0 amide bonds. The molecule has 9 heteroatoms. The first-order valence-corrected chi connectivity index (χ1v) is 12.3. The highest BCUT2D eigenvalue weighted by molar-refractivity contribution is 7.93. The minimum absolute atomic E-state index is 0.135. The van der Waals surface area contributed by atoms with Gasteiger partial charge in [-0.2, -0.15) is 0 Å². The van der Waals surface area contributed by atoms with Crippen molar-refractivity contribution in [1.29, 1.82) is 0 Å². The third kappa shape index (κ3) is 5.58. The Hall–Kier alpha value is -2.64. The molecule has 0 saturated heterocycles. The highest BCUT2D eigenvalue weighted by atomic mass is 35.5. The van der Waals surface area contributed by atoms with E-state index in [1.165, 1.54) is 12.4 Å². The number of nitrogens with zero attached hydrogens (tertiary/aromatic N) is 2. The summed E-state index contributed by atoms with van der Waals surface area (Å²) in [5.41, 5.74) is 2.73. The van der Waals surface area contributed by atoms with Crippen molar-refractivity contribution in [3.63, 3.8) is 0 Å². The van der Waals surface area contributed by atoms with Gasteiger partial charge in [0, 0.05) is 31.5 Å². The van der Waals surface area contributed by atoms with E-state index >= 15 is 0 Å². The monoisotopic (exact) mass is 503 g/mol.